The Kier molecular flexibility index (Phi) is 9.17. The number of rotatable bonds is 12. The van der Waals surface area contributed by atoms with Gasteiger partial charge < -0.3 is 14.6 Å². The molecule has 0 aliphatic rings. The van der Waals surface area contributed by atoms with Crippen LogP contribution in [-0.2, 0) is 30.9 Å². The third-order valence-corrected chi connectivity index (χ3v) is 6.68. The summed E-state index contributed by atoms with van der Waals surface area (Å²) in [6, 6.07) is 13.6. The molecule has 2 aromatic rings. The van der Waals surface area contributed by atoms with Crippen molar-refractivity contribution < 1.29 is 32.6 Å². The molecule has 2 aromatic carbocycles. The zero-order valence-electron chi connectivity index (χ0n) is 17.6. The second-order valence-electron chi connectivity index (χ2n) is 6.93. The summed E-state index contributed by atoms with van der Waals surface area (Å²) in [6.45, 7) is 0.922. The van der Waals surface area contributed by atoms with Gasteiger partial charge in [-0.25, -0.2) is 13.2 Å². The largest absolute Gasteiger partial charge is 0.480 e. The number of ether oxygens (including phenoxy) is 2. The molecule has 8 nitrogen and oxygen atoms in total. The number of esters is 1. The van der Waals surface area contributed by atoms with Crippen molar-refractivity contribution in [1.29, 1.82) is 0 Å². The number of benzene rings is 2. The molecule has 0 amide bonds. The first-order valence-corrected chi connectivity index (χ1v) is 11.2. The third kappa shape index (κ3) is 6.88. The summed E-state index contributed by atoms with van der Waals surface area (Å²) in [5.41, 5.74) is 1.25. The van der Waals surface area contributed by atoms with Crippen molar-refractivity contribution in [2.45, 2.75) is 36.8 Å². The monoisotopic (exact) mass is 449 g/mol. The number of aliphatic carboxylic acids is 1. The Balaban J connectivity index is 1.91. The second-order valence-corrected chi connectivity index (χ2v) is 8.92. The number of carbonyl (C=O) groups excluding carboxylic acids is 1. The molecule has 0 heterocycles. The number of carboxylic acid groups (broad SMARTS) is 1. The average molecular weight is 450 g/mol. The second kappa shape index (κ2) is 11.6. The van der Waals surface area contributed by atoms with E-state index in [2.05, 4.69) is 4.74 Å². The zero-order valence-corrected chi connectivity index (χ0v) is 18.4. The lowest BCUT2D eigenvalue weighted by Crippen LogP contribution is -2.42. The molecule has 0 aliphatic heterocycles. The molecule has 168 valence electrons. The van der Waals surface area contributed by atoms with Crippen LogP contribution in [0.2, 0.25) is 0 Å². The first kappa shape index (κ1) is 24.5. The summed E-state index contributed by atoms with van der Waals surface area (Å²) in [6.07, 6.45) is 1.26. The maximum Gasteiger partial charge on any atom is 0.337 e. The van der Waals surface area contributed by atoms with Gasteiger partial charge in [-0.15, -0.1) is 0 Å². The van der Waals surface area contributed by atoms with Gasteiger partial charge in [0, 0.05) is 13.7 Å². The standard InChI is InChI=1S/C22H27NO7S/c1-23(31(27,28)19-13-11-18(12-14-19)22(26)29-2)20(21(24)25)10-6-7-15-30-16-17-8-4-3-5-9-17/h3-5,8-9,11-14,20H,6-7,10,15-16H2,1-2H3,(H,24,25)/t20-/m0/s1. The molecule has 0 bridgehead atoms. The van der Waals surface area contributed by atoms with Crippen LogP contribution in [0.4, 0.5) is 0 Å². The highest BCUT2D eigenvalue weighted by Crippen LogP contribution is 2.20. The van der Waals surface area contributed by atoms with E-state index in [0.717, 1.165) is 9.87 Å². The highest BCUT2D eigenvalue weighted by Gasteiger charge is 2.32. The Morgan fingerprint density at radius 2 is 1.68 bits per heavy atom. The van der Waals surface area contributed by atoms with Crippen molar-refractivity contribution in [2.75, 3.05) is 20.8 Å². The number of methoxy groups -OCH3 is 1. The van der Waals surface area contributed by atoms with Crippen LogP contribution in [0, 0.1) is 0 Å². The SMILES string of the molecule is COC(=O)c1ccc(S(=O)(=O)N(C)[C@@H](CCCCOCc2ccccc2)C(=O)O)cc1. The molecule has 31 heavy (non-hydrogen) atoms. The highest BCUT2D eigenvalue weighted by atomic mass is 32.2. The van der Waals surface area contributed by atoms with Gasteiger partial charge in [0.15, 0.2) is 0 Å². The predicted octanol–water partition coefficient (Wildman–Crippen LogP) is 2.93. The molecule has 0 radical (unpaired) electrons. The number of hydrogen-bond acceptors (Lipinski definition) is 6. The molecule has 0 spiro atoms. The Hall–Kier alpha value is -2.75. The number of nitrogens with zero attached hydrogens (tertiary/aromatic N) is 1. The molecule has 2 rings (SSSR count). The lowest BCUT2D eigenvalue weighted by Gasteiger charge is -2.24. The molecular weight excluding hydrogens is 422 g/mol. The van der Waals surface area contributed by atoms with Crippen LogP contribution in [0.15, 0.2) is 59.5 Å². The van der Waals surface area contributed by atoms with Gasteiger partial charge in [-0.05, 0) is 49.1 Å². The molecular formula is C22H27NO7S. The van der Waals surface area contributed by atoms with E-state index < -0.39 is 28.0 Å². The molecule has 1 atom stereocenters. The molecule has 0 fully saturated rings. The van der Waals surface area contributed by atoms with Gasteiger partial charge in [0.1, 0.15) is 6.04 Å². The van der Waals surface area contributed by atoms with Crippen molar-refractivity contribution >= 4 is 22.0 Å². The third-order valence-electron chi connectivity index (χ3n) is 4.80. The van der Waals surface area contributed by atoms with Gasteiger partial charge in [0.25, 0.3) is 0 Å². The normalized spacial score (nSPS) is 12.5. The predicted molar refractivity (Wildman–Crippen MR) is 114 cm³/mol. The van der Waals surface area contributed by atoms with Crippen molar-refractivity contribution in [1.82, 2.24) is 4.31 Å². The molecule has 0 unspecified atom stereocenters. The number of hydrogen-bond donors (Lipinski definition) is 1. The molecule has 1 N–H and O–H groups in total. The minimum absolute atomic E-state index is 0.0971. The van der Waals surface area contributed by atoms with Crippen LogP contribution in [0.25, 0.3) is 0 Å². The van der Waals surface area contributed by atoms with Crippen molar-refractivity contribution in [2.24, 2.45) is 0 Å². The summed E-state index contributed by atoms with van der Waals surface area (Å²) in [7, 11) is -1.58. The van der Waals surface area contributed by atoms with E-state index in [9.17, 15) is 23.1 Å². The number of carboxylic acids is 1. The van der Waals surface area contributed by atoms with E-state index in [1.807, 2.05) is 30.3 Å². The topological polar surface area (TPSA) is 110 Å². The quantitative estimate of drug-likeness (QED) is 0.392. The first-order chi connectivity index (χ1) is 14.8. The van der Waals surface area contributed by atoms with E-state index in [1.165, 1.54) is 38.4 Å². The minimum atomic E-state index is -4.05. The number of carbonyl (C=O) groups is 2. The Morgan fingerprint density at radius 3 is 2.26 bits per heavy atom. The van der Waals surface area contributed by atoms with Crippen molar-refractivity contribution in [3.63, 3.8) is 0 Å². The molecule has 9 heteroatoms. The van der Waals surface area contributed by atoms with E-state index in [1.54, 1.807) is 0 Å². The summed E-state index contributed by atoms with van der Waals surface area (Å²) >= 11 is 0. The van der Waals surface area contributed by atoms with Crippen LogP contribution in [0.3, 0.4) is 0 Å². The lowest BCUT2D eigenvalue weighted by atomic mass is 10.1. The fourth-order valence-corrected chi connectivity index (χ4v) is 4.32. The number of unbranched alkanes of at least 4 members (excludes halogenated alkanes) is 1. The van der Waals surface area contributed by atoms with E-state index in [4.69, 9.17) is 4.74 Å². The van der Waals surface area contributed by atoms with Gasteiger partial charge in [0.05, 0.1) is 24.2 Å². The summed E-state index contributed by atoms with van der Waals surface area (Å²) in [5.74, 6) is -1.81. The van der Waals surface area contributed by atoms with Crippen LogP contribution in [-0.4, -0.2) is 56.6 Å². The summed E-state index contributed by atoms with van der Waals surface area (Å²) in [4.78, 5) is 23.1. The summed E-state index contributed by atoms with van der Waals surface area (Å²) < 4.78 is 36.7. The van der Waals surface area contributed by atoms with E-state index in [0.29, 0.717) is 26.1 Å². The maximum atomic E-state index is 12.8. The van der Waals surface area contributed by atoms with E-state index in [-0.39, 0.29) is 16.9 Å². The van der Waals surface area contributed by atoms with Crippen molar-refractivity contribution in [3.8, 4) is 0 Å². The minimum Gasteiger partial charge on any atom is -0.480 e. The van der Waals surface area contributed by atoms with Crippen LogP contribution < -0.4 is 0 Å². The van der Waals surface area contributed by atoms with Gasteiger partial charge in [-0.2, -0.15) is 4.31 Å². The molecule has 0 aromatic heterocycles. The molecule has 0 saturated carbocycles. The van der Waals surface area contributed by atoms with Crippen LogP contribution in [0.1, 0.15) is 35.2 Å². The Morgan fingerprint density at radius 1 is 1.03 bits per heavy atom. The van der Waals surface area contributed by atoms with Gasteiger partial charge >= 0.3 is 11.9 Å². The molecule has 0 saturated heterocycles. The van der Waals surface area contributed by atoms with Gasteiger partial charge in [0.2, 0.25) is 10.0 Å². The smallest absolute Gasteiger partial charge is 0.337 e. The van der Waals surface area contributed by atoms with E-state index >= 15 is 0 Å². The number of sulfonamides is 1. The zero-order chi connectivity index (χ0) is 22.9. The molecule has 0 aliphatic carbocycles. The Bertz CT molecular complexity index is 959. The number of likely N-dealkylation sites (N-methyl/N-ethyl adjacent to an activating group) is 1. The first-order valence-electron chi connectivity index (χ1n) is 9.78. The maximum absolute atomic E-state index is 12.8. The van der Waals surface area contributed by atoms with Crippen molar-refractivity contribution in [3.05, 3.63) is 65.7 Å². The Labute approximate surface area is 182 Å². The fourth-order valence-electron chi connectivity index (χ4n) is 2.98. The lowest BCUT2D eigenvalue weighted by molar-refractivity contribution is -0.141. The highest BCUT2D eigenvalue weighted by molar-refractivity contribution is 7.89. The summed E-state index contributed by atoms with van der Waals surface area (Å²) in [5, 5.41) is 9.56. The average Bonchev–Trinajstić information content (AvgIpc) is 2.78. The fraction of sp³-hybridized carbons (Fsp3) is 0.364. The van der Waals surface area contributed by atoms with Gasteiger partial charge in [-0.3, -0.25) is 4.79 Å². The van der Waals surface area contributed by atoms with Crippen LogP contribution in [0.5, 0.6) is 0 Å². The van der Waals surface area contributed by atoms with Crippen LogP contribution >= 0.6 is 0 Å². The van der Waals surface area contributed by atoms with Gasteiger partial charge in [-0.1, -0.05) is 30.3 Å².